The molecule has 0 N–H and O–H groups in total. The molecule has 0 aliphatic rings. The van der Waals surface area contributed by atoms with E-state index in [4.69, 9.17) is 5.26 Å². The second-order valence-corrected chi connectivity index (χ2v) is 3.47. The summed E-state index contributed by atoms with van der Waals surface area (Å²) in [5, 5.41) is 8.32. The zero-order valence-electron chi connectivity index (χ0n) is 8.88. The van der Waals surface area contributed by atoms with Crippen LogP contribution in [0.1, 0.15) is 5.56 Å². The quantitative estimate of drug-likeness (QED) is 0.768. The molecule has 1 rings (SSSR count). The number of nitrogens with zero attached hydrogens (tertiary/aromatic N) is 1. The van der Waals surface area contributed by atoms with Crippen LogP contribution in [0.15, 0.2) is 18.2 Å². The first-order chi connectivity index (χ1) is 7.84. The molecule has 0 radical (unpaired) electrons. The minimum absolute atomic E-state index is 0.283. The minimum atomic E-state index is -4.67. The zero-order valence-corrected chi connectivity index (χ0v) is 8.88. The number of rotatable bonds is 3. The van der Waals surface area contributed by atoms with E-state index in [-0.39, 0.29) is 5.75 Å². The van der Waals surface area contributed by atoms with Gasteiger partial charge in [-0.1, -0.05) is 6.07 Å². The number of benzene rings is 1. The van der Waals surface area contributed by atoms with Gasteiger partial charge in [0.15, 0.2) is 17.5 Å². The zero-order chi connectivity index (χ0) is 13.1. The van der Waals surface area contributed by atoms with Gasteiger partial charge in [-0.15, -0.1) is 0 Å². The van der Waals surface area contributed by atoms with E-state index in [1.165, 1.54) is 12.1 Å². The number of hydrogen-bond acceptors (Lipinski definition) is 2. The lowest BCUT2D eigenvalue weighted by atomic mass is 10.2. The molecule has 0 aromatic heterocycles. The smallest absolute Gasteiger partial charge is 0.407 e. The van der Waals surface area contributed by atoms with Crippen molar-refractivity contribution in [2.24, 2.45) is 5.92 Å². The van der Waals surface area contributed by atoms with Crippen molar-refractivity contribution in [1.29, 1.82) is 5.26 Å². The van der Waals surface area contributed by atoms with Gasteiger partial charge in [-0.2, -0.15) is 18.4 Å². The summed E-state index contributed by atoms with van der Waals surface area (Å²) in [6, 6.07) is 4.91. The molecule has 0 aliphatic heterocycles. The normalized spacial score (nSPS) is 12.9. The van der Waals surface area contributed by atoms with Gasteiger partial charge in [0.25, 0.3) is 0 Å². The Morgan fingerprint density at radius 2 is 2.06 bits per heavy atom. The van der Waals surface area contributed by atoms with E-state index in [0.29, 0.717) is 5.56 Å². The molecule has 1 aromatic carbocycles. The molecule has 1 unspecified atom stereocenters. The van der Waals surface area contributed by atoms with Crippen LogP contribution in [0.25, 0.3) is 0 Å². The second kappa shape index (κ2) is 5.04. The van der Waals surface area contributed by atoms with E-state index in [1.807, 2.05) is 0 Å². The third kappa shape index (κ3) is 3.63. The fourth-order valence-electron chi connectivity index (χ4n) is 1.10. The largest absolute Gasteiger partial charge is 0.489 e. The molecule has 0 aliphatic carbocycles. The number of halogens is 4. The Hall–Kier alpha value is -1.77. The molecule has 0 bridgehead atoms. The van der Waals surface area contributed by atoms with Crippen LogP contribution in [0, 0.1) is 30.0 Å². The van der Waals surface area contributed by atoms with Crippen LogP contribution < -0.4 is 4.74 Å². The molecule has 0 saturated carbocycles. The topological polar surface area (TPSA) is 33.0 Å². The van der Waals surface area contributed by atoms with Crippen molar-refractivity contribution < 1.29 is 22.3 Å². The van der Waals surface area contributed by atoms with Crippen LogP contribution in [-0.4, -0.2) is 12.8 Å². The molecular formula is C11H9F4NO. The Morgan fingerprint density at radius 1 is 1.41 bits per heavy atom. The van der Waals surface area contributed by atoms with Crippen LogP contribution in [-0.2, 0) is 0 Å². The van der Waals surface area contributed by atoms with Gasteiger partial charge >= 0.3 is 6.18 Å². The summed E-state index contributed by atoms with van der Waals surface area (Å²) in [6.07, 6.45) is -4.67. The summed E-state index contributed by atoms with van der Waals surface area (Å²) in [4.78, 5) is 0. The second-order valence-electron chi connectivity index (χ2n) is 3.47. The van der Waals surface area contributed by atoms with Crippen LogP contribution in [0.2, 0.25) is 0 Å². The third-order valence-corrected chi connectivity index (χ3v) is 2.04. The molecule has 6 heteroatoms. The molecule has 17 heavy (non-hydrogen) atoms. The Balaban J connectivity index is 2.73. The number of nitriles is 1. The summed E-state index contributed by atoms with van der Waals surface area (Å²) >= 11 is 0. The number of alkyl halides is 3. The van der Waals surface area contributed by atoms with Gasteiger partial charge in [-0.3, -0.25) is 0 Å². The van der Waals surface area contributed by atoms with Crippen LogP contribution >= 0.6 is 0 Å². The fourth-order valence-corrected chi connectivity index (χ4v) is 1.10. The molecule has 1 aromatic rings. The highest BCUT2D eigenvalue weighted by Crippen LogP contribution is 2.27. The van der Waals surface area contributed by atoms with E-state index in [9.17, 15) is 17.6 Å². The van der Waals surface area contributed by atoms with Crippen molar-refractivity contribution >= 4 is 0 Å². The summed E-state index contributed by atoms with van der Waals surface area (Å²) in [6.45, 7) is 0.734. The van der Waals surface area contributed by atoms with Gasteiger partial charge < -0.3 is 4.74 Å². The first kappa shape index (κ1) is 13.3. The lowest BCUT2D eigenvalue weighted by molar-refractivity contribution is -0.165. The lowest BCUT2D eigenvalue weighted by Gasteiger charge is -2.14. The Morgan fingerprint density at radius 3 is 2.59 bits per heavy atom. The minimum Gasteiger partial charge on any atom is -0.489 e. The van der Waals surface area contributed by atoms with Crippen molar-refractivity contribution in [2.75, 3.05) is 6.61 Å². The summed E-state index contributed by atoms with van der Waals surface area (Å²) < 4.78 is 54.4. The summed E-state index contributed by atoms with van der Waals surface area (Å²) in [5.41, 5.74) is 0.655. The first-order valence-corrected chi connectivity index (χ1v) is 4.70. The maximum absolute atomic E-state index is 13.1. The van der Waals surface area contributed by atoms with Gasteiger partial charge in [0.2, 0.25) is 0 Å². The van der Waals surface area contributed by atoms with Crippen molar-refractivity contribution in [3.05, 3.63) is 29.6 Å². The Bertz CT molecular complexity index is 436. The van der Waals surface area contributed by atoms with E-state index < -0.39 is 24.5 Å². The average molecular weight is 247 g/mol. The van der Waals surface area contributed by atoms with Crippen molar-refractivity contribution in [2.45, 2.75) is 13.1 Å². The highest BCUT2D eigenvalue weighted by Gasteiger charge is 2.40. The lowest BCUT2D eigenvalue weighted by Crippen LogP contribution is -2.27. The summed E-state index contributed by atoms with van der Waals surface area (Å²) in [7, 11) is 0. The van der Waals surface area contributed by atoms with Gasteiger partial charge in [-0.25, -0.2) is 4.39 Å². The average Bonchev–Trinajstić information content (AvgIpc) is 2.22. The SMILES string of the molecule is Cc1ccc(F)c(OCC(C#N)C(F)(F)F)c1. The molecule has 0 heterocycles. The molecule has 0 amide bonds. The molecule has 0 spiro atoms. The monoisotopic (exact) mass is 247 g/mol. The van der Waals surface area contributed by atoms with E-state index in [1.54, 1.807) is 6.92 Å². The van der Waals surface area contributed by atoms with Crippen LogP contribution in [0.5, 0.6) is 5.75 Å². The first-order valence-electron chi connectivity index (χ1n) is 4.70. The highest BCUT2D eigenvalue weighted by atomic mass is 19.4. The number of ether oxygens (including phenoxy) is 1. The predicted octanol–water partition coefficient (Wildman–Crippen LogP) is 3.22. The van der Waals surface area contributed by atoms with Gasteiger partial charge in [0.1, 0.15) is 6.61 Å². The van der Waals surface area contributed by atoms with Gasteiger partial charge in [0.05, 0.1) is 6.07 Å². The van der Waals surface area contributed by atoms with Crippen molar-refractivity contribution in [3.8, 4) is 11.8 Å². The standard InChI is InChI=1S/C11H9F4NO/c1-7-2-3-9(12)10(4-7)17-6-8(5-16)11(13,14)15/h2-4,8H,6H2,1H3. The van der Waals surface area contributed by atoms with Gasteiger partial charge in [-0.05, 0) is 24.6 Å². The van der Waals surface area contributed by atoms with Gasteiger partial charge in [0, 0.05) is 0 Å². The molecule has 0 fully saturated rings. The number of aryl methyl sites for hydroxylation is 1. The fraction of sp³-hybridized carbons (Fsp3) is 0.364. The van der Waals surface area contributed by atoms with Crippen molar-refractivity contribution in [1.82, 2.24) is 0 Å². The third-order valence-electron chi connectivity index (χ3n) is 2.04. The number of hydrogen-bond donors (Lipinski definition) is 0. The maximum Gasteiger partial charge on any atom is 0.407 e. The molecule has 1 atom stereocenters. The van der Waals surface area contributed by atoms with Crippen LogP contribution in [0.4, 0.5) is 17.6 Å². The Labute approximate surface area is 95.4 Å². The van der Waals surface area contributed by atoms with E-state index in [2.05, 4.69) is 4.74 Å². The highest BCUT2D eigenvalue weighted by molar-refractivity contribution is 5.29. The van der Waals surface area contributed by atoms with E-state index >= 15 is 0 Å². The van der Waals surface area contributed by atoms with Crippen molar-refractivity contribution in [3.63, 3.8) is 0 Å². The predicted molar refractivity (Wildman–Crippen MR) is 51.8 cm³/mol. The van der Waals surface area contributed by atoms with Crippen LogP contribution in [0.3, 0.4) is 0 Å². The molecule has 0 saturated heterocycles. The van der Waals surface area contributed by atoms with E-state index in [0.717, 1.165) is 12.1 Å². The molecule has 92 valence electrons. The Kier molecular flexibility index (Phi) is 3.94. The molecule has 2 nitrogen and oxygen atoms in total. The molecular weight excluding hydrogens is 238 g/mol. The summed E-state index contributed by atoms with van der Waals surface area (Å²) in [5.74, 6) is -3.30. The maximum atomic E-state index is 13.1.